The molecular formula is C18H33N3. The zero-order valence-corrected chi connectivity index (χ0v) is 14.1. The standard InChI is InChI=1S/C18H33N3/c1-4-6-15-7-8-16(14-19-10-5-2)17(12-15)13-18-9-11-21(3)20-18/h9,11,15-17,19H,4-8,10,12-14H2,1-3H3. The first-order valence-corrected chi connectivity index (χ1v) is 8.92. The molecule has 0 bridgehead atoms. The molecule has 3 nitrogen and oxygen atoms in total. The van der Waals surface area contributed by atoms with Crippen molar-refractivity contribution < 1.29 is 0 Å². The highest BCUT2D eigenvalue weighted by Gasteiger charge is 2.30. The van der Waals surface area contributed by atoms with Crippen LogP contribution in [0.5, 0.6) is 0 Å². The van der Waals surface area contributed by atoms with Gasteiger partial charge in [-0.1, -0.05) is 33.1 Å². The van der Waals surface area contributed by atoms with E-state index in [0.717, 1.165) is 24.3 Å². The number of hydrogen-bond donors (Lipinski definition) is 1. The maximum atomic E-state index is 4.60. The van der Waals surface area contributed by atoms with E-state index in [-0.39, 0.29) is 0 Å². The summed E-state index contributed by atoms with van der Waals surface area (Å²) in [5.74, 6) is 2.60. The van der Waals surface area contributed by atoms with Crippen molar-refractivity contribution in [3.05, 3.63) is 18.0 Å². The van der Waals surface area contributed by atoms with E-state index in [9.17, 15) is 0 Å². The molecule has 0 spiro atoms. The van der Waals surface area contributed by atoms with Gasteiger partial charge in [0.25, 0.3) is 0 Å². The lowest BCUT2D eigenvalue weighted by Gasteiger charge is -2.36. The minimum Gasteiger partial charge on any atom is -0.316 e. The first-order chi connectivity index (χ1) is 10.2. The highest BCUT2D eigenvalue weighted by molar-refractivity contribution is 5.01. The molecule has 120 valence electrons. The molecule has 1 heterocycles. The minimum absolute atomic E-state index is 0.814. The van der Waals surface area contributed by atoms with Crippen molar-refractivity contribution >= 4 is 0 Å². The third kappa shape index (κ3) is 5.14. The lowest BCUT2D eigenvalue weighted by Crippen LogP contribution is -2.34. The average Bonchev–Trinajstić information content (AvgIpc) is 2.87. The van der Waals surface area contributed by atoms with Crippen LogP contribution in [0, 0.1) is 17.8 Å². The van der Waals surface area contributed by atoms with Crippen molar-refractivity contribution in [2.24, 2.45) is 24.8 Å². The topological polar surface area (TPSA) is 29.9 Å². The van der Waals surface area contributed by atoms with Gasteiger partial charge in [-0.3, -0.25) is 4.68 Å². The van der Waals surface area contributed by atoms with Crippen LogP contribution in [-0.4, -0.2) is 22.9 Å². The van der Waals surface area contributed by atoms with Crippen LogP contribution in [0.4, 0.5) is 0 Å². The van der Waals surface area contributed by atoms with E-state index in [0.29, 0.717) is 0 Å². The second kappa shape index (κ2) is 8.57. The van der Waals surface area contributed by atoms with Gasteiger partial charge < -0.3 is 5.32 Å². The summed E-state index contributed by atoms with van der Waals surface area (Å²) in [7, 11) is 2.02. The first-order valence-electron chi connectivity index (χ1n) is 8.92. The molecule has 1 aromatic heterocycles. The number of hydrogen-bond acceptors (Lipinski definition) is 2. The molecule has 1 N–H and O–H groups in total. The molecule has 2 rings (SSSR count). The Morgan fingerprint density at radius 3 is 2.76 bits per heavy atom. The van der Waals surface area contributed by atoms with Gasteiger partial charge in [0.2, 0.25) is 0 Å². The molecule has 3 atom stereocenters. The number of nitrogens with zero attached hydrogens (tertiary/aromatic N) is 2. The van der Waals surface area contributed by atoms with Gasteiger partial charge >= 0.3 is 0 Å². The Labute approximate surface area is 130 Å². The second-order valence-electron chi connectivity index (χ2n) is 6.88. The van der Waals surface area contributed by atoms with Crippen molar-refractivity contribution in [2.45, 2.75) is 58.8 Å². The molecule has 0 aromatic carbocycles. The third-order valence-corrected chi connectivity index (χ3v) is 5.02. The largest absolute Gasteiger partial charge is 0.316 e. The Hall–Kier alpha value is -0.830. The monoisotopic (exact) mass is 291 g/mol. The van der Waals surface area contributed by atoms with Gasteiger partial charge in [-0.15, -0.1) is 0 Å². The van der Waals surface area contributed by atoms with Crippen LogP contribution in [-0.2, 0) is 13.5 Å². The van der Waals surface area contributed by atoms with Crippen LogP contribution in [0.25, 0.3) is 0 Å². The zero-order valence-electron chi connectivity index (χ0n) is 14.1. The fraction of sp³-hybridized carbons (Fsp3) is 0.833. The highest BCUT2D eigenvalue weighted by Crippen LogP contribution is 2.37. The third-order valence-electron chi connectivity index (χ3n) is 5.02. The fourth-order valence-electron chi connectivity index (χ4n) is 3.92. The summed E-state index contributed by atoms with van der Waals surface area (Å²) in [6.07, 6.45) is 11.5. The molecule has 1 aliphatic carbocycles. The van der Waals surface area contributed by atoms with E-state index in [4.69, 9.17) is 0 Å². The predicted molar refractivity (Wildman–Crippen MR) is 89.3 cm³/mol. The van der Waals surface area contributed by atoms with Crippen LogP contribution in [0.3, 0.4) is 0 Å². The van der Waals surface area contributed by atoms with Crippen LogP contribution < -0.4 is 5.32 Å². The lowest BCUT2D eigenvalue weighted by molar-refractivity contribution is 0.166. The van der Waals surface area contributed by atoms with Crippen LogP contribution in [0.15, 0.2) is 12.3 Å². The summed E-state index contributed by atoms with van der Waals surface area (Å²) in [6.45, 7) is 6.93. The Morgan fingerprint density at radius 2 is 2.10 bits per heavy atom. The minimum atomic E-state index is 0.814. The van der Waals surface area contributed by atoms with Gasteiger partial charge in [-0.05, 0) is 62.6 Å². The van der Waals surface area contributed by atoms with E-state index in [1.165, 1.54) is 57.2 Å². The van der Waals surface area contributed by atoms with Gasteiger partial charge in [0.05, 0.1) is 5.69 Å². The van der Waals surface area contributed by atoms with Crippen LogP contribution in [0.1, 0.15) is 58.1 Å². The molecule has 0 radical (unpaired) electrons. The van der Waals surface area contributed by atoms with Crippen LogP contribution in [0.2, 0.25) is 0 Å². The summed E-state index contributed by atoms with van der Waals surface area (Å²) >= 11 is 0. The van der Waals surface area contributed by atoms with Crippen molar-refractivity contribution in [3.8, 4) is 0 Å². The maximum Gasteiger partial charge on any atom is 0.0627 e. The first kappa shape index (κ1) is 16.5. The smallest absolute Gasteiger partial charge is 0.0627 e. The fourth-order valence-corrected chi connectivity index (χ4v) is 3.92. The van der Waals surface area contributed by atoms with Crippen LogP contribution >= 0.6 is 0 Å². The molecule has 3 heteroatoms. The molecule has 1 fully saturated rings. The van der Waals surface area contributed by atoms with Crippen molar-refractivity contribution in [1.82, 2.24) is 15.1 Å². The van der Waals surface area contributed by atoms with Crippen molar-refractivity contribution in [2.75, 3.05) is 13.1 Å². The van der Waals surface area contributed by atoms with E-state index in [1.807, 2.05) is 11.7 Å². The molecule has 1 saturated carbocycles. The number of aromatic nitrogens is 2. The Kier molecular flexibility index (Phi) is 6.75. The van der Waals surface area contributed by atoms with Gasteiger partial charge in [0.15, 0.2) is 0 Å². The number of nitrogens with one attached hydrogen (secondary N) is 1. The predicted octanol–water partition coefficient (Wildman–Crippen LogP) is 3.79. The van der Waals surface area contributed by atoms with Gasteiger partial charge in [-0.25, -0.2) is 0 Å². The number of aryl methyl sites for hydroxylation is 1. The normalized spacial score (nSPS) is 26.1. The maximum absolute atomic E-state index is 4.60. The van der Waals surface area contributed by atoms with Gasteiger partial charge in [0, 0.05) is 13.2 Å². The second-order valence-corrected chi connectivity index (χ2v) is 6.88. The highest BCUT2D eigenvalue weighted by atomic mass is 15.2. The molecular weight excluding hydrogens is 258 g/mol. The summed E-state index contributed by atoms with van der Waals surface area (Å²) in [5.41, 5.74) is 1.28. The number of rotatable bonds is 8. The van der Waals surface area contributed by atoms with E-state index >= 15 is 0 Å². The summed E-state index contributed by atoms with van der Waals surface area (Å²) < 4.78 is 1.94. The molecule has 21 heavy (non-hydrogen) atoms. The molecule has 0 amide bonds. The SMILES string of the molecule is CCCNCC1CCC(CCC)CC1Cc1ccn(C)n1. The zero-order chi connectivity index (χ0) is 15.1. The quantitative estimate of drug-likeness (QED) is 0.738. The summed E-state index contributed by atoms with van der Waals surface area (Å²) in [5, 5.41) is 8.25. The summed E-state index contributed by atoms with van der Waals surface area (Å²) in [4.78, 5) is 0. The Bertz CT molecular complexity index is 399. The van der Waals surface area contributed by atoms with E-state index in [1.54, 1.807) is 0 Å². The molecule has 0 aliphatic heterocycles. The average molecular weight is 291 g/mol. The van der Waals surface area contributed by atoms with Gasteiger partial charge in [-0.2, -0.15) is 5.10 Å². The Balaban J connectivity index is 1.94. The molecule has 0 saturated heterocycles. The summed E-state index contributed by atoms with van der Waals surface area (Å²) in [6, 6.07) is 2.19. The van der Waals surface area contributed by atoms with Crippen molar-refractivity contribution in [3.63, 3.8) is 0 Å². The molecule has 1 aromatic rings. The molecule has 1 aliphatic rings. The Morgan fingerprint density at radius 1 is 1.24 bits per heavy atom. The van der Waals surface area contributed by atoms with E-state index < -0.39 is 0 Å². The van der Waals surface area contributed by atoms with Gasteiger partial charge in [0.1, 0.15) is 0 Å². The lowest BCUT2D eigenvalue weighted by atomic mass is 9.71. The van der Waals surface area contributed by atoms with E-state index in [2.05, 4.69) is 36.5 Å². The molecule has 3 unspecified atom stereocenters. The van der Waals surface area contributed by atoms with Crippen molar-refractivity contribution in [1.29, 1.82) is 0 Å².